The lowest BCUT2D eigenvalue weighted by Crippen LogP contribution is -2.08. The van der Waals surface area contributed by atoms with Crippen LogP contribution in [0.4, 0.5) is 0 Å². The van der Waals surface area contributed by atoms with Crippen molar-refractivity contribution in [3.05, 3.63) is 102 Å². The summed E-state index contributed by atoms with van der Waals surface area (Å²) in [4.78, 5) is 6.11. The molecule has 0 aliphatic carbocycles. The summed E-state index contributed by atoms with van der Waals surface area (Å²) in [5, 5.41) is 1.93. The second-order valence-corrected chi connectivity index (χ2v) is 8.64. The number of ether oxygens (including phenoxy) is 2. The van der Waals surface area contributed by atoms with Gasteiger partial charge >= 0.3 is 0 Å². The maximum absolute atomic E-state index is 13.9. The molecule has 1 aliphatic heterocycles. The maximum atomic E-state index is 13.9. The molecule has 1 heterocycles. The molecule has 31 heavy (non-hydrogen) atoms. The van der Waals surface area contributed by atoms with Crippen molar-refractivity contribution in [2.45, 2.75) is 15.8 Å². The highest BCUT2D eigenvalue weighted by Crippen LogP contribution is 2.35. The van der Waals surface area contributed by atoms with Gasteiger partial charge in [0, 0.05) is 5.39 Å². The van der Waals surface area contributed by atoms with Crippen LogP contribution in [0.25, 0.3) is 10.8 Å². The number of nitrogens with zero attached hydrogens (tertiary/aromatic N) is 1. The van der Waals surface area contributed by atoms with Gasteiger partial charge in [0.05, 0.1) is 33.3 Å². The Bertz CT molecular complexity index is 1300. The molecule has 1 aliphatic rings. The van der Waals surface area contributed by atoms with Crippen LogP contribution >= 0.6 is 0 Å². The Morgan fingerprint density at radius 1 is 0.903 bits per heavy atom. The van der Waals surface area contributed by atoms with Gasteiger partial charge in [0.1, 0.15) is 18.4 Å². The standard InChI is InChI=1S/C26H21NO3S/c1-29-23-16-15-18-9-5-6-12-20(18)25(23)31(28)24-14-8-7-13-21(24)26-27-22(17-30-26)19-10-3-2-4-11-19/h2-16,22H,17H2,1H3/t22-,31?/m1/s1. The number of benzene rings is 4. The van der Waals surface area contributed by atoms with Crippen molar-refractivity contribution in [2.75, 3.05) is 13.7 Å². The van der Waals surface area contributed by atoms with Crippen molar-refractivity contribution < 1.29 is 13.7 Å². The molecular weight excluding hydrogens is 406 g/mol. The van der Waals surface area contributed by atoms with Crippen LogP contribution in [0, 0.1) is 0 Å². The van der Waals surface area contributed by atoms with E-state index < -0.39 is 10.8 Å². The van der Waals surface area contributed by atoms with Gasteiger partial charge in [0.2, 0.25) is 5.90 Å². The number of hydrogen-bond acceptors (Lipinski definition) is 4. The average Bonchev–Trinajstić information content (AvgIpc) is 3.34. The van der Waals surface area contributed by atoms with Crippen molar-refractivity contribution in [3.63, 3.8) is 0 Å². The number of rotatable bonds is 5. The first-order valence-electron chi connectivity index (χ1n) is 10.1. The number of hydrogen-bond donors (Lipinski definition) is 0. The molecule has 0 amide bonds. The summed E-state index contributed by atoms with van der Waals surface area (Å²) in [7, 11) is 0.121. The van der Waals surface area contributed by atoms with Crippen LogP contribution in [-0.2, 0) is 15.5 Å². The average molecular weight is 428 g/mol. The predicted octanol–water partition coefficient (Wildman–Crippen LogP) is 5.53. The molecule has 5 heteroatoms. The molecule has 0 fully saturated rings. The molecule has 0 N–H and O–H groups in total. The normalized spacial score (nSPS) is 16.5. The maximum Gasteiger partial charge on any atom is 0.218 e. The Morgan fingerprint density at radius 2 is 1.65 bits per heavy atom. The van der Waals surface area contributed by atoms with Crippen LogP contribution in [0.5, 0.6) is 5.75 Å². The van der Waals surface area contributed by atoms with Crippen LogP contribution in [-0.4, -0.2) is 23.8 Å². The third-order valence-electron chi connectivity index (χ3n) is 5.40. The molecule has 2 atom stereocenters. The Balaban J connectivity index is 1.60. The van der Waals surface area contributed by atoms with Crippen molar-refractivity contribution >= 4 is 27.5 Å². The highest BCUT2D eigenvalue weighted by atomic mass is 32.2. The van der Waals surface area contributed by atoms with Crippen LogP contribution < -0.4 is 4.74 Å². The molecule has 0 aromatic heterocycles. The topological polar surface area (TPSA) is 47.9 Å². The molecule has 0 saturated heterocycles. The van der Waals surface area contributed by atoms with Gasteiger partial charge in [-0.25, -0.2) is 9.20 Å². The monoisotopic (exact) mass is 427 g/mol. The molecular formula is C26H21NO3S. The second-order valence-electron chi connectivity index (χ2n) is 7.25. The zero-order valence-electron chi connectivity index (χ0n) is 17.0. The fourth-order valence-corrected chi connectivity index (χ4v) is 5.35. The molecule has 154 valence electrons. The fourth-order valence-electron chi connectivity index (χ4n) is 3.86. The van der Waals surface area contributed by atoms with Gasteiger partial charge in [0.25, 0.3) is 0 Å². The fraction of sp³-hybridized carbons (Fsp3) is 0.115. The highest BCUT2D eigenvalue weighted by Gasteiger charge is 2.26. The van der Waals surface area contributed by atoms with Crippen LogP contribution in [0.1, 0.15) is 17.2 Å². The smallest absolute Gasteiger partial charge is 0.218 e. The summed E-state index contributed by atoms with van der Waals surface area (Å²) in [5.41, 5.74) is 1.85. The third kappa shape index (κ3) is 3.62. The van der Waals surface area contributed by atoms with Crippen LogP contribution in [0.2, 0.25) is 0 Å². The zero-order valence-corrected chi connectivity index (χ0v) is 17.8. The number of aliphatic imine (C=N–C) groups is 1. The van der Waals surface area contributed by atoms with Gasteiger partial charge in [-0.1, -0.05) is 72.8 Å². The van der Waals surface area contributed by atoms with Crippen LogP contribution in [0.15, 0.2) is 106 Å². The molecule has 5 rings (SSSR count). The molecule has 4 nitrogen and oxygen atoms in total. The van der Waals surface area contributed by atoms with E-state index in [0.29, 0.717) is 28.0 Å². The van der Waals surface area contributed by atoms with E-state index in [4.69, 9.17) is 14.5 Å². The minimum Gasteiger partial charge on any atom is -0.495 e. The van der Waals surface area contributed by atoms with E-state index in [1.165, 1.54) is 0 Å². The summed E-state index contributed by atoms with van der Waals surface area (Å²) in [5.74, 6) is 1.13. The zero-order chi connectivity index (χ0) is 21.2. The van der Waals surface area contributed by atoms with Gasteiger partial charge in [-0.3, -0.25) is 0 Å². The lowest BCUT2D eigenvalue weighted by atomic mass is 10.1. The summed E-state index contributed by atoms with van der Waals surface area (Å²) in [6.45, 7) is 0.470. The van der Waals surface area contributed by atoms with Crippen molar-refractivity contribution in [2.24, 2.45) is 4.99 Å². The molecule has 0 spiro atoms. The van der Waals surface area contributed by atoms with E-state index in [1.807, 2.05) is 91.0 Å². The van der Waals surface area contributed by atoms with Gasteiger partial charge in [-0.2, -0.15) is 0 Å². The predicted molar refractivity (Wildman–Crippen MR) is 123 cm³/mol. The van der Waals surface area contributed by atoms with E-state index in [9.17, 15) is 4.21 Å². The molecule has 0 bridgehead atoms. The molecule has 4 aromatic rings. The largest absolute Gasteiger partial charge is 0.495 e. The minimum atomic E-state index is -1.48. The van der Waals surface area contributed by atoms with Crippen molar-refractivity contribution in [1.82, 2.24) is 0 Å². The SMILES string of the molecule is COc1ccc2ccccc2c1S(=O)c1ccccc1C1=N[C@@H](c2ccccc2)CO1. The number of methoxy groups -OCH3 is 1. The first-order valence-corrected chi connectivity index (χ1v) is 11.2. The van der Waals surface area contributed by atoms with Gasteiger partial charge in [0.15, 0.2) is 0 Å². The van der Waals surface area contributed by atoms with Crippen molar-refractivity contribution in [1.29, 1.82) is 0 Å². The highest BCUT2D eigenvalue weighted by molar-refractivity contribution is 7.85. The quantitative estimate of drug-likeness (QED) is 0.421. The van der Waals surface area contributed by atoms with Gasteiger partial charge < -0.3 is 9.47 Å². The Labute approximate surface area is 183 Å². The van der Waals surface area contributed by atoms with Gasteiger partial charge in [-0.15, -0.1) is 0 Å². The summed E-state index contributed by atoms with van der Waals surface area (Å²) >= 11 is 0. The summed E-state index contributed by atoms with van der Waals surface area (Å²) in [6.07, 6.45) is 0. The lowest BCUT2D eigenvalue weighted by molar-refractivity contribution is 0.319. The van der Waals surface area contributed by atoms with E-state index in [-0.39, 0.29) is 6.04 Å². The molecule has 4 aromatic carbocycles. The minimum absolute atomic E-state index is 0.0650. The summed E-state index contributed by atoms with van der Waals surface area (Å²) in [6, 6.07) is 29.4. The lowest BCUT2D eigenvalue weighted by Gasteiger charge is -2.14. The van der Waals surface area contributed by atoms with Gasteiger partial charge in [-0.05, 0) is 29.1 Å². The Morgan fingerprint density at radius 3 is 2.48 bits per heavy atom. The van der Waals surface area contributed by atoms with Crippen molar-refractivity contribution in [3.8, 4) is 5.75 Å². The van der Waals surface area contributed by atoms with E-state index in [1.54, 1.807) is 7.11 Å². The first-order chi connectivity index (χ1) is 15.3. The molecule has 0 saturated carbocycles. The van der Waals surface area contributed by atoms with Crippen LogP contribution in [0.3, 0.4) is 0 Å². The molecule has 1 unspecified atom stereocenters. The van der Waals surface area contributed by atoms with E-state index >= 15 is 0 Å². The van der Waals surface area contributed by atoms with E-state index in [2.05, 4.69) is 0 Å². The Kier molecular flexibility index (Phi) is 5.26. The number of fused-ring (bicyclic) bond motifs is 1. The third-order valence-corrected chi connectivity index (χ3v) is 6.95. The second kappa shape index (κ2) is 8.36. The van der Waals surface area contributed by atoms with E-state index in [0.717, 1.165) is 21.9 Å². The molecule has 0 radical (unpaired) electrons. The first kappa shape index (κ1) is 19.5. The Hall–Kier alpha value is -3.44. The summed E-state index contributed by atoms with van der Waals surface area (Å²) < 4.78 is 25.4.